The number of hydrogen-bond donors (Lipinski definition) is 3. The van der Waals surface area contributed by atoms with Crippen LogP contribution in [0.5, 0.6) is 0 Å². The van der Waals surface area contributed by atoms with Gasteiger partial charge in [-0.3, -0.25) is 4.90 Å². The van der Waals surface area contributed by atoms with Gasteiger partial charge in [0.25, 0.3) is 0 Å². The van der Waals surface area contributed by atoms with Crippen molar-refractivity contribution in [3.8, 4) is 0 Å². The zero-order valence-electron chi connectivity index (χ0n) is 19.7. The van der Waals surface area contributed by atoms with Gasteiger partial charge >= 0.3 is 6.03 Å². The fourth-order valence-electron chi connectivity index (χ4n) is 5.75. The van der Waals surface area contributed by atoms with Crippen LogP contribution in [0.2, 0.25) is 0 Å². The Kier molecular flexibility index (Phi) is 5.97. The highest BCUT2D eigenvalue weighted by atomic mass is 16.2. The van der Waals surface area contributed by atoms with E-state index in [1.54, 1.807) is 0 Å². The molecular formula is C25H34N8O. The molecule has 3 fully saturated rings. The maximum absolute atomic E-state index is 13.7. The minimum absolute atomic E-state index is 0.109. The van der Waals surface area contributed by atoms with E-state index in [0.717, 1.165) is 75.6 Å². The molecule has 3 aliphatic heterocycles. The lowest BCUT2D eigenvalue weighted by Crippen LogP contribution is -2.55. The first kappa shape index (κ1) is 21.6. The first-order chi connectivity index (χ1) is 16.8. The number of piperazine rings is 1. The highest BCUT2D eigenvalue weighted by molar-refractivity contribution is 5.94. The first-order valence-electron chi connectivity index (χ1n) is 12.8. The average Bonchev–Trinajstić information content (AvgIpc) is 3.60. The van der Waals surface area contributed by atoms with Gasteiger partial charge in [0.15, 0.2) is 0 Å². The Bertz CT molecular complexity index is 1010. The molecule has 2 aromatic rings. The molecule has 1 aliphatic carbocycles. The van der Waals surface area contributed by atoms with Gasteiger partial charge in [-0.15, -0.1) is 0 Å². The molecule has 0 spiro atoms. The standard InChI is InChI=1S/C25H34N8O/c34-25-32(22-9-10-27-16-22)17-18-15-28-24(30-23(18)33(25)21-3-1-2-4-21)29-19-5-7-20(8-6-19)31-13-11-26-12-14-31/h5-8,15,21-22,26-27H,1-4,9-14,16-17H2,(H,28,29,30)/t22-/m0/s1. The molecule has 1 saturated carbocycles. The number of rotatable bonds is 5. The Morgan fingerprint density at radius 1 is 0.941 bits per heavy atom. The molecule has 34 heavy (non-hydrogen) atoms. The molecule has 4 heterocycles. The molecule has 6 rings (SSSR count). The van der Waals surface area contributed by atoms with E-state index >= 15 is 0 Å². The largest absolute Gasteiger partial charge is 0.369 e. The number of urea groups is 1. The smallest absolute Gasteiger partial charge is 0.326 e. The predicted molar refractivity (Wildman–Crippen MR) is 134 cm³/mol. The van der Waals surface area contributed by atoms with Crippen molar-refractivity contribution in [2.24, 2.45) is 0 Å². The molecule has 1 aromatic carbocycles. The highest BCUT2D eigenvalue weighted by Crippen LogP contribution is 2.36. The van der Waals surface area contributed by atoms with Gasteiger partial charge in [-0.05, 0) is 50.1 Å². The second kappa shape index (κ2) is 9.38. The summed E-state index contributed by atoms with van der Waals surface area (Å²) in [6, 6.07) is 9.03. The van der Waals surface area contributed by atoms with Crippen LogP contribution in [0.3, 0.4) is 0 Å². The molecule has 0 bridgehead atoms. The third-order valence-corrected chi connectivity index (χ3v) is 7.63. The molecular weight excluding hydrogens is 428 g/mol. The van der Waals surface area contributed by atoms with Crippen LogP contribution in [0, 0.1) is 0 Å². The molecule has 0 unspecified atom stereocenters. The van der Waals surface area contributed by atoms with Crippen LogP contribution >= 0.6 is 0 Å². The third kappa shape index (κ3) is 4.18. The van der Waals surface area contributed by atoms with Crippen molar-refractivity contribution >= 4 is 29.2 Å². The topological polar surface area (TPSA) is 88.7 Å². The van der Waals surface area contributed by atoms with Crippen molar-refractivity contribution in [2.45, 2.75) is 50.7 Å². The van der Waals surface area contributed by atoms with Gasteiger partial charge in [-0.25, -0.2) is 9.78 Å². The Labute approximate surface area is 200 Å². The molecule has 9 heteroatoms. The summed E-state index contributed by atoms with van der Waals surface area (Å²) in [5.41, 5.74) is 3.22. The summed E-state index contributed by atoms with van der Waals surface area (Å²) in [6.45, 7) is 6.52. The van der Waals surface area contributed by atoms with Crippen molar-refractivity contribution < 1.29 is 4.79 Å². The predicted octanol–water partition coefficient (Wildman–Crippen LogP) is 2.68. The van der Waals surface area contributed by atoms with Gasteiger partial charge in [-0.2, -0.15) is 4.98 Å². The monoisotopic (exact) mass is 462 g/mol. The number of amides is 2. The van der Waals surface area contributed by atoms with Gasteiger partial charge in [0.05, 0.1) is 6.54 Å². The SMILES string of the molecule is O=C1N(C2CCCC2)c2nc(Nc3ccc(N4CCNCC4)cc3)ncc2CN1[C@H]1CCNC1. The van der Waals surface area contributed by atoms with E-state index in [1.807, 2.05) is 16.0 Å². The third-order valence-electron chi connectivity index (χ3n) is 7.63. The number of nitrogens with zero attached hydrogens (tertiary/aromatic N) is 5. The number of anilines is 4. The van der Waals surface area contributed by atoms with Gasteiger partial charge < -0.3 is 25.8 Å². The molecule has 0 radical (unpaired) electrons. The summed E-state index contributed by atoms with van der Waals surface area (Å²) in [5, 5.41) is 10.2. The lowest BCUT2D eigenvalue weighted by molar-refractivity contribution is 0.174. The maximum atomic E-state index is 13.7. The second-order valence-electron chi connectivity index (χ2n) is 9.82. The first-order valence-corrected chi connectivity index (χ1v) is 12.8. The quantitative estimate of drug-likeness (QED) is 0.630. The lowest BCUT2D eigenvalue weighted by Gasteiger charge is -2.41. The van der Waals surface area contributed by atoms with E-state index in [9.17, 15) is 4.79 Å². The molecule has 2 saturated heterocycles. The number of fused-ring (bicyclic) bond motifs is 1. The Morgan fingerprint density at radius 2 is 1.74 bits per heavy atom. The van der Waals surface area contributed by atoms with Crippen molar-refractivity contribution in [1.29, 1.82) is 0 Å². The minimum Gasteiger partial charge on any atom is -0.369 e. The van der Waals surface area contributed by atoms with Gasteiger partial charge in [0.2, 0.25) is 5.95 Å². The van der Waals surface area contributed by atoms with Crippen molar-refractivity contribution in [3.05, 3.63) is 36.0 Å². The Balaban J connectivity index is 1.24. The summed E-state index contributed by atoms with van der Waals surface area (Å²) in [5.74, 6) is 1.33. The van der Waals surface area contributed by atoms with Gasteiger partial charge in [-0.1, -0.05) is 12.8 Å². The average molecular weight is 463 g/mol. The summed E-state index contributed by atoms with van der Waals surface area (Å²) >= 11 is 0. The Morgan fingerprint density at radius 3 is 2.47 bits per heavy atom. The number of nitrogens with one attached hydrogen (secondary N) is 3. The number of hydrogen-bond acceptors (Lipinski definition) is 7. The fourth-order valence-corrected chi connectivity index (χ4v) is 5.75. The van der Waals surface area contributed by atoms with Gasteiger partial charge in [0, 0.05) is 67.9 Å². The number of benzene rings is 1. The lowest BCUT2D eigenvalue weighted by atomic mass is 10.1. The van der Waals surface area contributed by atoms with E-state index in [4.69, 9.17) is 4.98 Å². The van der Waals surface area contributed by atoms with Crippen LogP contribution in [0.25, 0.3) is 0 Å². The zero-order valence-corrected chi connectivity index (χ0v) is 19.7. The van der Waals surface area contributed by atoms with Crippen LogP contribution in [0.4, 0.5) is 27.9 Å². The summed E-state index contributed by atoms with van der Waals surface area (Å²) in [4.78, 5) is 29.6. The van der Waals surface area contributed by atoms with E-state index in [0.29, 0.717) is 12.5 Å². The normalized spacial score (nSPS) is 23.5. The Hall–Kier alpha value is -2.91. The summed E-state index contributed by atoms with van der Waals surface area (Å²) in [7, 11) is 0. The molecule has 1 atom stereocenters. The van der Waals surface area contributed by atoms with E-state index in [2.05, 4.69) is 50.1 Å². The van der Waals surface area contributed by atoms with Crippen LogP contribution in [0.1, 0.15) is 37.7 Å². The second-order valence-corrected chi connectivity index (χ2v) is 9.82. The van der Waals surface area contributed by atoms with E-state index < -0.39 is 0 Å². The van der Waals surface area contributed by atoms with Crippen molar-refractivity contribution in [2.75, 3.05) is 54.4 Å². The van der Waals surface area contributed by atoms with Crippen LogP contribution < -0.4 is 25.8 Å². The van der Waals surface area contributed by atoms with E-state index in [-0.39, 0.29) is 18.1 Å². The van der Waals surface area contributed by atoms with Crippen LogP contribution in [0.15, 0.2) is 30.5 Å². The summed E-state index contributed by atoms with van der Waals surface area (Å²) < 4.78 is 0. The fraction of sp³-hybridized carbons (Fsp3) is 0.560. The van der Waals surface area contributed by atoms with Crippen molar-refractivity contribution in [3.63, 3.8) is 0 Å². The summed E-state index contributed by atoms with van der Waals surface area (Å²) in [6.07, 6.45) is 7.34. The zero-order chi connectivity index (χ0) is 22.9. The molecule has 2 amide bonds. The number of carbonyl (C=O) groups is 1. The van der Waals surface area contributed by atoms with Crippen molar-refractivity contribution in [1.82, 2.24) is 25.5 Å². The number of carbonyl (C=O) groups excluding carboxylic acids is 1. The van der Waals surface area contributed by atoms with E-state index in [1.165, 1.54) is 18.5 Å². The molecule has 3 N–H and O–H groups in total. The molecule has 180 valence electrons. The molecule has 4 aliphatic rings. The highest BCUT2D eigenvalue weighted by Gasteiger charge is 2.40. The maximum Gasteiger partial charge on any atom is 0.326 e. The van der Waals surface area contributed by atoms with Crippen LogP contribution in [-0.4, -0.2) is 72.3 Å². The number of aromatic nitrogens is 2. The minimum atomic E-state index is 0.109. The van der Waals surface area contributed by atoms with Crippen LogP contribution in [-0.2, 0) is 6.54 Å². The molecule has 1 aromatic heterocycles. The molecule has 9 nitrogen and oxygen atoms in total. The van der Waals surface area contributed by atoms with Gasteiger partial charge in [0.1, 0.15) is 5.82 Å².